The zero-order valence-electron chi connectivity index (χ0n) is 17.6. The van der Waals surface area contributed by atoms with Crippen molar-refractivity contribution in [1.82, 2.24) is 5.32 Å². The number of amides is 1. The fraction of sp³-hybridized carbons (Fsp3) is 0.667. The van der Waals surface area contributed by atoms with Crippen LogP contribution in [0.1, 0.15) is 78.5 Å². The number of alkyl carbamates (subject to hydrolysis) is 1. The van der Waals surface area contributed by atoms with Crippen LogP contribution in [0.15, 0.2) is 18.2 Å². The molecule has 1 aliphatic heterocycles. The number of hydrogen-bond donors (Lipinski definition) is 1. The van der Waals surface area contributed by atoms with Gasteiger partial charge in [-0.15, -0.1) is 0 Å². The second-order valence-electron chi connectivity index (χ2n) is 9.59. The molecule has 1 atom stereocenters. The molecule has 5 nitrogen and oxygen atoms in total. The summed E-state index contributed by atoms with van der Waals surface area (Å²) in [5, 5.41) is 3.04. The van der Waals surface area contributed by atoms with Gasteiger partial charge in [-0.25, -0.2) is 4.79 Å². The van der Waals surface area contributed by atoms with Crippen molar-refractivity contribution in [3.63, 3.8) is 0 Å². The first-order chi connectivity index (χ1) is 12.4. The Morgan fingerprint density at radius 3 is 2.41 bits per heavy atom. The van der Waals surface area contributed by atoms with E-state index in [1.165, 1.54) is 5.56 Å². The fourth-order valence-corrected chi connectivity index (χ4v) is 3.67. The van der Waals surface area contributed by atoms with E-state index in [2.05, 4.69) is 45.1 Å². The van der Waals surface area contributed by atoms with Crippen LogP contribution in [0.2, 0.25) is 0 Å². The van der Waals surface area contributed by atoms with Crippen molar-refractivity contribution in [2.75, 3.05) is 0 Å². The number of fused-ring (bicyclic) bond motifs is 1. The third kappa shape index (κ3) is 4.17. The van der Waals surface area contributed by atoms with Gasteiger partial charge >= 0.3 is 13.2 Å². The summed E-state index contributed by atoms with van der Waals surface area (Å²) in [4.78, 5) is 12.3. The summed E-state index contributed by atoms with van der Waals surface area (Å²) in [6, 6.07) is 6.14. The van der Waals surface area contributed by atoms with E-state index in [9.17, 15) is 4.79 Å². The molecular weight excluding hydrogens is 341 g/mol. The number of ether oxygens (including phenoxy) is 1. The summed E-state index contributed by atoms with van der Waals surface area (Å²) < 4.78 is 18.0. The first-order valence-corrected chi connectivity index (χ1v) is 9.86. The molecule has 1 heterocycles. The molecule has 0 unspecified atom stereocenters. The Hall–Kier alpha value is -1.53. The smallest absolute Gasteiger partial charge is 0.444 e. The van der Waals surface area contributed by atoms with E-state index in [0.29, 0.717) is 0 Å². The van der Waals surface area contributed by atoms with Gasteiger partial charge in [0.2, 0.25) is 0 Å². The molecule has 1 saturated heterocycles. The Morgan fingerprint density at radius 1 is 1.19 bits per heavy atom. The summed E-state index contributed by atoms with van der Waals surface area (Å²) in [7, 11) is -0.384. The summed E-state index contributed by atoms with van der Waals surface area (Å²) in [6.45, 7) is 13.9. The molecule has 0 radical (unpaired) electrons. The van der Waals surface area contributed by atoms with Crippen molar-refractivity contribution in [1.29, 1.82) is 0 Å². The maximum atomic E-state index is 12.3. The Balaban J connectivity index is 1.85. The zero-order chi connectivity index (χ0) is 20.0. The standard InChI is InChI=1S/C21H32BNO4/c1-19(2,3)25-18(24)23-17-13-9-10-14-15(17)11-8-12-16(14)22-26-20(4,5)21(6,7)27-22/h8,11-12,17H,9-10,13H2,1-7H3,(H,23,24)/t17-/m1/s1. The van der Waals surface area contributed by atoms with Crippen LogP contribution >= 0.6 is 0 Å². The van der Waals surface area contributed by atoms with Gasteiger partial charge < -0.3 is 19.4 Å². The lowest BCUT2D eigenvalue weighted by Crippen LogP contribution is -2.41. The van der Waals surface area contributed by atoms with Gasteiger partial charge in [0, 0.05) is 0 Å². The highest BCUT2D eigenvalue weighted by Gasteiger charge is 2.52. The summed E-state index contributed by atoms with van der Waals surface area (Å²) in [6.07, 6.45) is 2.49. The van der Waals surface area contributed by atoms with Crippen molar-refractivity contribution in [3.05, 3.63) is 29.3 Å². The number of hydrogen-bond acceptors (Lipinski definition) is 4. The van der Waals surface area contributed by atoms with Crippen LogP contribution in [0.5, 0.6) is 0 Å². The normalized spacial score (nSPS) is 23.7. The summed E-state index contributed by atoms with van der Waals surface area (Å²) in [5.74, 6) is 0. The van der Waals surface area contributed by atoms with E-state index in [1.807, 2.05) is 26.8 Å². The highest BCUT2D eigenvalue weighted by Crippen LogP contribution is 2.38. The van der Waals surface area contributed by atoms with Crippen LogP contribution < -0.4 is 10.8 Å². The minimum absolute atomic E-state index is 0.0500. The lowest BCUT2D eigenvalue weighted by Gasteiger charge is -2.32. The Morgan fingerprint density at radius 2 is 1.81 bits per heavy atom. The molecule has 1 fully saturated rings. The van der Waals surface area contributed by atoms with E-state index in [1.54, 1.807) is 0 Å². The minimum atomic E-state index is -0.508. The van der Waals surface area contributed by atoms with Gasteiger partial charge in [0.15, 0.2) is 0 Å². The number of carbonyl (C=O) groups excluding carboxylic acids is 1. The molecule has 2 aliphatic rings. The molecule has 148 valence electrons. The second kappa shape index (κ2) is 6.82. The van der Waals surface area contributed by atoms with Crippen LogP contribution in [-0.4, -0.2) is 30.0 Å². The van der Waals surface area contributed by atoms with E-state index < -0.39 is 5.60 Å². The maximum absolute atomic E-state index is 12.3. The fourth-order valence-electron chi connectivity index (χ4n) is 3.67. The first kappa shape index (κ1) is 20.2. The number of benzene rings is 1. The molecule has 6 heteroatoms. The van der Waals surface area contributed by atoms with Crippen molar-refractivity contribution in [2.45, 2.75) is 90.6 Å². The zero-order valence-corrected chi connectivity index (χ0v) is 17.6. The highest BCUT2D eigenvalue weighted by atomic mass is 16.7. The lowest BCUT2D eigenvalue weighted by molar-refractivity contribution is 0.00578. The molecule has 1 aromatic carbocycles. The minimum Gasteiger partial charge on any atom is -0.444 e. The Labute approximate surface area is 163 Å². The largest absolute Gasteiger partial charge is 0.495 e. The van der Waals surface area contributed by atoms with Crippen molar-refractivity contribution >= 4 is 18.7 Å². The van der Waals surface area contributed by atoms with Crippen molar-refractivity contribution < 1.29 is 18.8 Å². The molecule has 0 spiro atoms. The quantitative estimate of drug-likeness (QED) is 0.800. The topological polar surface area (TPSA) is 56.8 Å². The maximum Gasteiger partial charge on any atom is 0.495 e. The molecule has 0 bridgehead atoms. The van der Waals surface area contributed by atoms with E-state index in [0.717, 1.165) is 30.3 Å². The first-order valence-electron chi connectivity index (χ1n) is 9.86. The van der Waals surface area contributed by atoms with Gasteiger partial charge in [-0.05, 0) is 84.3 Å². The van der Waals surface area contributed by atoms with Crippen molar-refractivity contribution in [2.24, 2.45) is 0 Å². The molecule has 0 aromatic heterocycles. The van der Waals surface area contributed by atoms with Gasteiger partial charge in [0.25, 0.3) is 0 Å². The van der Waals surface area contributed by atoms with E-state index in [4.69, 9.17) is 14.0 Å². The van der Waals surface area contributed by atoms with Crippen LogP contribution in [0.25, 0.3) is 0 Å². The molecule has 1 aliphatic carbocycles. The van der Waals surface area contributed by atoms with Crippen LogP contribution in [0, 0.1) is 0 Å². The third-order valence-electron chi connectivity index (χ3n) is 5.74. The molecule has 1 N–H and O–H groups in total. The molecular formula is C21H32BNO4. The Kier molecular flexibility index (Phi) is 5.11. The monoisotopic (exact) mass is 373 g/mol. The predicted molar refractivity (Wildman–Crippen MR) is 107 cm³/mol. The van der Waals surface area contributed by atoms with Crippen LogP contribution in [0.3, 0.4) is 0 Å². The number of rotatable bonds is 2. The summed E-state index contributed by atoms with van der Waals surface area (Å²) in [5.41, 5.74) is 2.18. The number of nitrogens with one attached hydrogen (secondary N) is 1. The molecule has 1 amide bonds. The van der Waals surface area contributed by atoms with Gasteiger partial charge in [0.1, 0.15) is 5.60 Å². The molecule has 3 rings (SSSR count). The van der Waals surface area contributed by atoms with Crippen molar-refractivity contribution in [3.8, 4) is 0 Å². The Bertz CT molecular complexity index is 707. The van der Waals surface area contributed by atoms with Crippen LogP contribution in [0.4, 0.5) is 4.79 Å². The van der Waals surface area contributed by atoms with E-state index in [-0.39, 0.29) is 30.5 Å². The summed E-state index contributed by atoms with van der Waals surface area (Å²) >= 11 is 0. The second-order valence-corrected chi connectivity index (χ2v) is 9.59. The number of carbonyl (C=O) groups is 1. The predicted octanol–water partition coefficient (Wildman–Crippen LogP) is 3.89. The lowest BCUT2D eigenvalue weighted by atomic mass is 9.71. The SMILES string of the molecule is CC(C)(C)OC(=O)N[C@@H]1CCCc2c(B3OC(C)(C)C(C)(C)O3)cccc21. The van der Waals surface area contributed by atoms with Gasteiger partial charge in [-0.2, -0.15) is 0 Å². The molecule has 0 saturated carbocycles. The van der Waals surface area contributed by atoms with E-state index >= 15 is 0 Å². The highest BCUT2D eigenvalue weighted by molar-refractivity contribution is 6.62. The van der Waals surface area contributed by atoms with Gasteiger partial charge in [-0.3, -0.25) is 0 Å². The average Bonchev–Trinajstić information content (AvgIpc) is 2.73. The van der Waals surface area contributed by atoms with Gasteiger partial charge in [0.05, 0.1) is 17.2 Å². The molecule has 1 aromatic rings. The molecule has 27 heavy (non-hydrogen) atoms. The average molecular weight is 373 g/mol. The van der Waals surface area contributed by atoms with Gasteiger partial charge in [-0.1, -0.05) is 18.2 Å². The van der Waals surface area contributed by atoms with Crippen LogP contribution in [-0.2, 0) is 20.5 Å². The third-order valence-corrected chi connectivity index (χ3v) is 5.74.